The maximum atomic E-state index is 10.8. The van der Waals surface area contributed by atoms with Crippen LogP contribution in [-0.2, 0) is 9.84 Å². The van der Waals surface area contributed by atoms with Gasteiger partial charge in [-0.1, -0.05) is 17.7 Å². The first-order valence-corrected chi connectivity index (χ1v) is 6.97. The van der Waals surface area contributed by atoms with E-state index in [4.69, 9.17) is 16.3 Å². The highest BCUT2D eigenvalue weighted by Gasteiger charge is 2.01. The van der Waals surface area contributed by atoms with Gasteiger partial charge >= 0.3 is 0 Å². The average Bonchev–Trinajstić information content (AvgIpc) is 2.11. The van der Waals surface area contributed by atoms with Gasteiger partial charge in [-0.2, -0.15) is 0 Å². The van der Waals surface area contributed by atoms with Crippen molar-refractivity contribution in [1.82, 2.24) is 0 Å². The minimum absolute atomic E-state index is 0.146. The largest absolute Gasteiger partial charge is 0.494 e. The molecule has 0 fully saturated rings. The van der Waals surface area contributed by atoms with Crippen molar-refractivity contribution in [1.29, 1.82) is 0 Å². The van der Waals surface area contributed by atoms with E-state index in [9.17, 15) is 8.42 Å². The molecular weight excluding hydrogens is 236 g/mol. The highest BCUT2D eigenvalue weighted by molar-refractivity contribution is 7.90. The van der Waals surface area contributed by atoms with Gasteiger partial charge in [-0.3, -0.25) is 0 Å². The highest BCUT2D eigenvalue weighted by Crippen LogP contribution is 2.17. The molecule has 0 N–H and O–H groups in total. The van der Waals surface area contributed by atoms with Gasteiger partial charge in [0.2, 0.25) is 0 Å². The molecule has 0 atom stereocenters. The van der Waals surface area contributed by atoms with Gasteiger partial charge in [-0.15, -0.1) is 0 Å². The summed E-state index contributed by atoms with van der Waals surface area (Å²) in [5.74, 6) is 0.809. The second-order valence-corrected chi connectivity index (χ2v) is 5.99. The molecular formula is C10H13ClO3S. The van der Waals surface area contributed by atoms with E-state index in [0.717, 1.165) is 0 Å². The zero-order chi connectivity index (χ0) is 11.3. The Balaban J connectivity index is 2.32. The van der Waals surface area contributed by atoms with Crippen molar-refractivity contribution in [3.8, 4) is 5.75 Å². The number of hydrogen-bond acceptors (Lipinski definition) is 3. The molecule has 0 spiro atoms. The second-order valence-electron chi connectivity index (χ2n) is 3.29. The third kappa shape index (κ3) is 5.64. The summed E-state index contributed by atoms with van der Waals surface area (Å²) in [7, 11) is -2.89. The van der Waals surface area contributed by atoms with Gasteiger partial charge < -0.3 is 4.74 Å². The summed E-state index contributed by atoms with van der Waals surface area (Å²) in [6.07, 6.45) is 1.71. The predicted octanol–water partition coefficient (Wildman–Crippen LogP) is 2.15. The summed E-state index contributed by atoms with van der Waals surface area (Å²) in [5, 5.41) is 0.607. The molecule has 0 aliphatic heterocycles. The van der Waals surface area contributed by atoms with Crippen LogP contribution >= 0.6 is 11.6 Å². The van der Waals surface area contributed by atoms with Gasteiger partial charge in [0.1, 0.15) is 15.6 Å². The summed E-state index contributed by atoms with van der Waals surface area (Å²) in [5.41, 5.74) is 0. The first kappa shape index (κ1) is 12.3. The van der Waals surface area contributed by atoms with Crippen molar-refractivity contribution in [3.63, 3.8) is 0 Å². The van der Waals surface area contributed by atoms with E-state index in [0.29, 0.717) is 23.8 Å². The number of ether oxygens (including phenoxy) is 1. The number of benzene rings is 1. The molecule has 0 radical (unpaired) electrons. The molecule has 84 valence electrons. The van der Waals surface area contributed by atoms with Crippen molar-refractivity contribution >= 4 is 21.4 Å². The molecule has 0 aromatic heterocycles. The normalized spacial score (nSPS) is 11.3. The number of rotatable bonds is 5. The molecule has 0 aliphatic rings. The third-order valence-corrected chi connectivity index (χ3v) is 2.99. The van der Waals surface area contributed by atoms with Gasteiger partial charge in [0, 0.05) is 11.3 Å². The minimum Gasteiger partial charge on any atom is -0.494 e. The smallest absolute Gasteiger partial charge is 0.147 e. The Labute approximate surface area is 94.9 Å². The average molecular weight is 249 g/mol. The van der Waals surface area contributed by atoms with E-state index in [-0.39, 0.29) is 5.75 Å². The Morgan fingerprint density at radius 2 is 2.13 bits per heavy atom. The number of halogens is 1. The van der Waals surface area contributed by atoms with Gasteiger partial charge in [0.05, 0.1) is 12.4 Å². The van der Waals surface area contributed by atoms with Crippen LogP contribution in [0.1, 0.15) is 6.42 Å². The van der Waals surface area contributed by atoms with Gasteiger partial charge in [-0.25, -0.2) is 8.42 Å². The van der Waals surface area contributed by atoms with Crippen LogP contribution < -0.4 is 4.74 Å². The molecule has 1 aromatic rings. The Hall–Kier alpha value is -0.740. The predicted molar refractivity (Wildman–Crippen MR) is 61.3 cm³/mol. The van der Waals surface area contributed by atoms with E-state index in [1.54, 1.807) is 24.3 Å². The lowest BCUT2D eigenvalue weighted by molar-refractivity contribution is 0.318. The van der Waals surface area contributed by atoms with Gasteiger partial charge in [-0.05, 0) is 24.6 Å². The third-order valence-electron chi connectivity index (χ3n) is 1.72. The fourth-order valence-electron chi connectivity index (χ4n) is 1.07. The molecule has 0 saturated carbocycles. The molecule has 15 heavy (non-hydrogen) atoms. The van der Waals surface area contributed by atoms with Crippen molar-refractivity contribution in [3.05, 3.63) is 29.3 Å². The quantitative estimate of drug-likeness (QED) is 0.750. The zero-order valence-corrected chi connectivity index (χ0v) is 10.0. The van der Waals surface area contributed by atoms with Crippen LogP contribution in [0.15, 0.2) is 24.3 Å². The molecule has 0 amide bonds. The summed E-state index contributed by atoms with van der Waals surface area (Å²) < 4.78 is 27.0. The van der Waals surface area contributed by atoms with Crippen LogP contribution in [0.2, 0.25) is 5.02 Å². The minimum atomic E-state index is -2.89. The lowest BCUT2D eigenvalue weighted by Gasteiger charge is -2.05. The summed E-state index contributed by atoms with van der Waals surface area (Å²) in [6.45, 7) is 0.382. The lowest BCUT2D eigenvalue weighted by Crippen LogP contribution is -2.07. The van der Waals surface area contributed by atoms with Crippen LogP contribution in [0, 0.1) is 0 Å². The van der Waals surface area contributed by atoms with Crippen molar-refractivity contribution in [2.45, 2.75) is 6.42 Å². The molecule has 0 aliphatic carbocycles. The van der Waals surface area contributed by atoms with Crippen molar-refractivity contribution in [2.75, 3.05) is 18.6 Å². The van der Waals surface area contributed by atoms with Crippen LogP contribution in [0.25, 0.3) is 0 Å². The molecule has 1 rings (SSSR count). The summed E-state index contributed by atoms with van der Waals surface area (Å²) >= 11 is 5.75. The summed E-state index contributed by atoms with van der Waals surface area (Å²) in [6, 6.07) is 7.02. The topological polar surface area (TPSA) is 43.4 Å². The monoisotopic (exact) mass is 248 g/mol. The van der Waals surface area contributed by atoms with E-state index >= 15 is 0 Å². The fourth-order valence-corrected chi connectivity index (χ4v) is 1.89. The highest BCUT2D eigenvalue weighted by atomic mass is 35.5. The van der Waals surface area contributed by atoms with Gasteiger partial charge in [0.25, 0.3) is 0 Å². The number of sulfone groups is 1. The van der Waals surface area contributed by atoms with Crippen LogP contribution in [0.5, 0.6) is 5.75 Å². The standard InChI is InChI=1S/C10H13ClO3S/c1-15(12,13)7-3-6-14-10-5-2-4-9(11)8-10/h2,4-5,8H,3,6-7H2,1H3. The molecule has 5 heteroatoms. The summed E-state index contributed by atoms with van der Waals surface area (Å²) in [4.78, 5) is 0. The van der Waals surface area contributed by atoms with Gasteiger partial charge in [0.15, 0.2) is 0 Å². The molecule has 3 nitrogen and oxygen atoms in total. The van der Waals surface area contributed by atoms with Crippen LogP contribution in [0.4, 0.5) is 0 Å². The lowest BCUT2D eigenvalue weighted by atomic mass is 10.3. The fraction of sp³-hybridized carbons (Fsp3) is 0.400. The van der Waals surface area contributed by atoms with Crippen LogP contribution in [-0.4, -0.2) is 27.0 Å². The van der Waals surface area contributed by atoms with Crippen molar-refractivity contribution in [2.24, 2.45) is 0 Å². The van der Waals surface area contributed by atoms with E-state index in [2.05, 4.69) is 0 Å². The maximum absolute atomic E-state index is 10.8. The zero-order valence-electron chi connectivity index (χ0n) is 8.44. The second kappa shape index (κ2) is 5.37. The Morgan fingerprint density at radius 1 is 1.40 bits per heavy atom. The SMILES string of the molecule is CS(=O)(=O)CCCOc1cccc(Cl)c1. The first-order valence-electron chi connectivity index (χ1n) is 4.53. The Kier molecular flexibility index (Phi) is 4.42. The molecule has 1 aromatic carbocycles. The van der Waals surface area contributed by atoms with E-state index in [1.807, 2.05) is 0 Å². The van der Waals surface area contributed by atoms with Crippen molar-refractivity contribution < 1.29 is 13.2 Å². The molecule has 0 saturated heterocycles. The van der Waals surface area contributed by atoms with Crippen LogP contribution in [0.3, 0.4) is 0 Å². The Bertz CT molecular complexity index is 414. The first-order chi connectivity index (χ1) is 6.97. The van der Waals surface area contributed by atoms with E-state index < -0.39 is 9.84 Å². The molecule has 0 unspecified atom stereocenters. The number of hydrogen-bond donors (Lipinski definition) is 0. The Morgan fingerprint density at radius 3 is 2.73 bits per heavy atom. The van der Waals surface area contributed by atoms with E-state index in [1.165, 1.54) is 6.26 Å². The molecule has 0 bridgehead atoms. The maximum Gasteiger partial charge on any atom is 0.147 e. The molecule has 0 heterocycles.